The summed E-state index contributed by atoms with van der Waals surface area (Å²) in [5.41, 5.74) is 1.97. The van der Waals surface area contributed by atoms with Gasteiger partial charge in [-0.3, -0.25) is 4.79 Å². The zero-order chi connectivity index (χ0) is 13.1. The number of fused-ring (bicyclic) bond motifs is 1. The molecule has 0 unspecified atom stereocenters. The molecule has 1 amide bonds. The van der Waals surface area contributed by atoms with Crippen LogP contribution in [0.1, 0.15) is 12.5 Å². The average molecular weight is 268 g/mol. The molecule has 8 heteroatoms. The summed E-state index contributed by atoms with van der Waals surface area (Å²) in [5, 5.41) is 20.5. The fourth-order valence-electron chi connectivity index (χ4n) is 1.93. The Hall–Kier alpha value is -1.66. The van der Waals surface area contributed by atoms with Crippen LogP contribution in [-0.4, -0.2) is 17.7 Å². The van der Waals surface area contributed by atoms with E-state index in [9.17, 15) is 4.79 Å². The molecule has 0 saturated heterocycles. The van der Waals surface area contributed by atoms with Gasteiger partial charge in [0.1, 0.15) is 4.90 Å². The van der Waals surface area contributed by atoms with Gasteiger partial charge in [-0.1, -0.05) is 5.04 Å². The van der Waals surface area contributed by atoms with Crippen LogP contribution in [0.15, 0.2) is 17.0 Å². The lowest BCUT2D eigenvalue weighted by Gasteiger charge is -2.14. The van der Waals surface area contributed by atoms with Gasteiger partial charge in [0, 0.05) is 25.2 Å². The van der Waals surface area contributed by atoms with E-state index in [4.69, 9.17) is 10.7 Å². The number of amides is 1. The zero-order valence-corrected chi connectivity index (χ0v) is 10.3. The average Bonchev–Trinajstić information content (AvgIpc) is 2.77. The van der Waals surface area contributed by atoms with Crippen LogP contribution in [0, 0.1) is 5.39 Å². The van der Waals surface area contributed by atoms with E-state index >= 15 is 0 Å². The first kappa shape index (κ1) is 12.8. The van der Waals surface area contributed by atoms with E-state index in [-0.39, 0.29) is 5.91 Å². The van der Waals surface area contributed by atoms with Crippen LogP contribution in [0.4, 0.5) is 11.4 Å². The summed E-state index contributed by atoms with van der Waals surface area (Å²) in [5.74, 6) is -0.0577. The summed E-state index contributed by atoms with van der Waals surface area (Å²) in [6, 6.07) is 3.32. The van der Waals surface area contributed by atoms with Gasteiger partial charge >= 0.3 is 5.69 Å². The molecule has 0 atom stereocenters. The van der Waals surface area contributed by atoms with E-state index in [1.807, 2.05) is 0 Å². The zero-order valence-electron chi connectivity index (χ0n) is 9.49. The van der Waals surface area contributed by atoms with Gasteiger partial charge in [-0.05, 0) is 18.1 Å². The van der Waals surface area contributed by atoms with Gasteiger partial charge < -0.3 is 4.90 Å². The van der Waals surface area contributed by atoms with Gasteiger partial charge in [-0.2, -0.15) is 0 Å². The maximum absolute atomic E-state index is 11.4. The van der Waals surface area contributed by atoms with E-state index in [1.54, 1.807) is 17.0 Å². The van der Waals surface area contributed by atoms with Crippen molar-refractivity contribution < 1.29 is 19.4 Å². The van der Waals surface area contributed by atoms with E-state index in [2.05, 4.69) is 14.3 Å². The highest BCUT2D eigenvalue weighted by atomic mass is 32.2. The van der Waals surface area contributed by atoms with Crippen molar-refractivity contribution in [2.24, 2.45) is 0 Å². The van der Waals surface area contributed by atoms with Gasteiger partial charge in [0.2, 0.25) is 11.3 Å². The molecule has 1 aromatic carbocycles. The Bertz CT molecular complexity index is 529. The SMILES string of the molecule is CC(=O)N1CCc2cc([N+]#N)c(SOOO)cc21. The molecule has 0 spiro atoms. The molecule has 1 heterocycles. The fourth-order valence-corrected chi connectivity index (χ4v) is 2.38. The minimum atomic E-state index is -0.0577. The molecule has 0 saturated carbocycles. The Morgan fingerprint density at radius 3 is 3.00 bits per heavy atom. The highest BCUT2D eigenvalue weighted by molar-refractivity contribution is 7.94. The summed E-state index contributed by atoms with van der Waals surface area (Å²) < 4.78 is 4.32. The van der Waals surface area contributed by atoms with Gasteiger partial charge in [-0.25, -0.2) is 5.26 Å². The lowest BCUT2D eigenvalue weighted by molar-refractivity contribution is -0.432. The molecular weight excluding hydrogens is 258 g/mol. The van der Waals surface area contributed by atoms with Crippen molar-refractivity contribution in [1.29, 1.82) is 5.39 Å². The maximum atomic E-state index is 11.4. The Labute approximate surface area is 107 Å². The summed E-state index contributed by atoms with van der Waals surface area (Å²) >= 11 is 0.687. The standard InChI is InChI=1S/C10H9N3O4S/c1-6(14)13-3-2-7-4-8(12-11)10(5-9(7)13)18-17-16-15/h4-5H,2-3H2,1H3/p+1. The maximum Gasteiger partial charge on any atom is 0.401 e. The number of hydrogen-bond donors (Lipinski definition) is 1. The van der Waals surface area contributed by atoms with Gasteiger partial charge in [0.25, 0.3) is 0 Å². The number of benzene rings is 1. The second-order valence-corrected chi connectivity index (χ2v) is 4.44. The van der Waals surface area contributed by atoms with Crippen molar-refractivity contribution in [3.63, 3.8) is 0 Å². The molecule has 1 N–H and O–H groups in total. The first-order valence-corrected chi connectivity index (χ1v) is 5.86. The topological polar surface area (TPSA) is 87.2 Å². The highest BCUT2D eigenvalue weighted by Crippen LogP contribution is 2.39. The van der Waals surface area contributed by atoms with Gasteiger partial charge in [-0.15, -0.1) is 4.33 Å². The van der Waals surface area contributed by atoms with Crippen LogP contribution in [0.3, 0.4) is 0 Å². The van der Waals surface area contributed by atoms with Crippen molar-refractivity contribution >= 4 is 29.3 Å². The molecule has 0 bridgehead atoms. The number of diazo groups is 1. The first-order chi connectivity index (χ1) is 8.67. The molecule has 0 radical (unpaired) electrons. The largest absolute Gasteiger partial charge is 0.401 e. The lowest BCUT2D eigenvalue weighted by atomic mass is 10.1. The normalized spacial score (nSPS) is 13.3. The second-order valence-electron chi connectivity index (χ2n) is 3.70. The van der Waals surface area contributed by atoms with Crippen LogP contribution in [0.2, 0.25) is 0 Å². The first-order valence-electron chi connectivity index (χ1n) is 5.12. The molecule has 1 aliphatic heterocycles. The lowest BCUT2D eigenvalue weighted by Crippen LogP contribution is -2.25. The van der Waals surface area contributed by atoms with Crippen LogP contribution in [0.5, 0.6) is 0 Å². The molecule has 2 rings (SSSR count). The second kappa shape index (κ2) is 5.32. The van der Waals surface area contributed by atoms with Gasteiger partial charge in [0.15, 0.2) is 4.98 Å². The highest BCUT2D eigenvalue weighted by Gasteiger charge is 2.28. The molecule has 0 fully saturated rings. The molecule has 18 heavy (non-hydrogen) atoms. The number of carbonyl (C=O) groups is 1. The summed E-state index contributed by atoms with van der Waals surface area (Å²) in [4.78, 5) is 16.6. The van der Waals surface area contributed by atoms with Crippen molar-refractivity contribution in [2.45, 2.75) is 18.2 Å². The van der Waals surface area contributed by atoms with E-state index < -0.39 is 0 Å². The van der Waals surface area contributed by atoms with Gasteiger partial charge in [0.05, 0.1) is 12.0 Å². The fraction of sp³-hybridized carbons (Fsp3) is 0.300. The number of hydrogen-bond acceptors (Lipinski definition) is 6. The van der Waals surface area contributed by atoms with Crippen molar-refractivity contribution in [2.75, 3.05) is 11.4 Å². The molecule has 7 nitrogen and oxygen atoms in total. The Morgan fingerprint density at radius 2 is 2.39 bits per heavy atom. The molecule has 94 valence electrons. The minimum absolute atomic E-state index is 0.0577. The van der Waals surface area contributed by atoms with E-state index in [1.165, 1.54) is 6.92 Å². The third-order valence-corrected chi connectivity index (χ3v) is 3.33. The Morgan fingerprint density at radius 1 is 1.61 bits per heavy atom. The quantitative estimate of drug-likeness (QED) is 0.392. The monoisotopic (exact) mass is 268 g/mol. The predicted molar refractivity (Wildman–Crippen MR) is 63.6 cm³/mol. The molecule has 1 aliphatic rings. The third kappa shape index (κ3) is 2.30. The number of rotatable bonds is 3. The van der Waals surface area contributed by atoms with Crippen LogP contribution >= 0.6 is 12.0 Å². The number of carbonyl (C=O) groups excluding carboxylic acids is 1. The number of anilines is 1. The van der Waals surface area contributed by atoms with E-state index in [0.717, 1.165) is 11.3 Å². The van der Waals surface area contributed by atoms with Crippen molar-refractivity contribution in [3.05, 3.63) is 22.7 Å². The smallest absolute Gasteiger partial charge is 0.312 e. The van der Waals surface area contributed by atoms with Crippen LogP contribution in [-0.2, 0) is 20.6 Å². The Kier molecular flexibility index (Phi) is 3.78. The molecule has 0 aromatic heterocycles. The van der Waals surface area contributed by atoms with Crippen molar-refractivity contribution in [3.8, 4) is 0 Å². The van der Waals surface area contributed by atoms with Crippen LogP contribution in [0.25, 0.3) is 4.98 Å². The Balaban J connectivity index is 2.40. The predicted octanol–water partition coefficient (Wildman–Crippen LogP) is 2.51. The summed E-state index contributed by atoms with van der Waals surface area (Å²) in [7, 11) is 0. The molecule has 1 aromatic rings. The third-order valence-electron chi connectivity index (χ3n) is 2.70. The van der Waals surface area contributed by atoms with Crippen LogP contribution < -0.4 is 4.90 Å². The number of nitrogens with zero attached hydrogens (tertiary/aromatic N) is 3. The molecular formula is C10H10N3O4S+. The molecule has 0 aliphatic carbocycles. The summed E-state index contributed by atoms with van der Waals surface area (Å²) in [6.45, 7) is 2.08. The van der Waals surface area contributed by atoms with Crippen molar-refractivity contribution in [1.82, 2.24) is 0 Å². The van der Waals surface area contributed by atoms with E-state index in [0.29, 0.717) is 35.6 Å². The minimum Gasteiger partial charge on any atom is -0.312 e. The summed E-state index contributed by atoms with van der Waals surface area (Å²) in [6.07, 6.45) is 0.708.